The van der Waals surface area contributed by atoms with Crippen LogP contribution in [0.15, 0.2) is 22.7 Å². The third-order valence-electron chi connectivity index (χ3n) is 4.35. The van der Waals surface area contributed by atoms with E-state index in [0.717, 1.165) is 34.6 Å². The fourth-order valence-corrected chi connectivity index (χ4v) is 3.68. The van der Waals surface area contributed by atoms with E-state index in [9.17, 15) is 9.59 Å². The summed E-state index contributed by atoms with van der Waals surface area (Å²) < 4.78 is 2.51. The summed E-state index contributed by atoms with van der Waals surface area (Å²) in [5.74, 6) is -0.777. The number of aromatic nitrogens is 2. The van der Waals surface area contributed by atoms with E-state index in [1.54, 1.807) is 11.7 Å². The van der Waals surface area contributed by atoms with Gasteiger partial charge in [-0.15, -0.1) is 0 Å². The van der Waals surface area contributed by atoms with Crippen molar-refractivity contribution in [1.29, 1.82) is 0 Å². The van der Waals surface area contributed by atoms with Crippen LogP contribution < -0.4 is 5.32 Å². The average molecular weight is 380 g/mol. The number of nitrogens with one attached hydrogen (secondary N) is 1. The minimum Gasteiger partial charge on any atom is -0.481 e. The fourth-order valence-electron chi connectivity index (χ4n) is 3.34. The molecule has 1 heterocycles. The number of hydrogen-bond donors (Lipinski definition) is 2. The van der Waals surface area contributed by atoms with Crippen LogP contribution in [0.2, 0.25) is 0 Å². The van der Waals surface area contributed by atoms with Crippen LogP contribution in [0, 0.1) is 5.92 Å². The molecule has 0 radical (unpaired) electrons. The molecular weight excluding hydrogens is 362 g/mol. The van der Waals surface area contributed by atoms with Crippen molar-refractivity contribution in [1.82, 2.24) is 15.1 Å². The number of fused-ring (bicyclic) bond motifs is 1. The van der Waals surface area contributed by atoms with Crippen LogP contribution in [-0.2, 0) is 11.8 Å². The first-order valence-electron chi connectivity index (χ1n) is 7.59. The number of halogens is 1. The highest BCUT2D eigenvalue weighted by atomic mass is 79.9. The highest BCUT2D eigenvalue weighted by molar-refractivity contribution is 9.10. The molecule has 2 N–H and O–H groups in total. The third-order valence-corrected chi connectivity index (χ3v) is 4.84. The highest BCUT2D eigenvalue weighted by Crippen LogP contribution is 2.29. The van der Waals surface area contributed by atoms with E-state index in [1.807, 2.05) is 18.2 Å². The van der Waals surface area contributed by atoms with Crippen LogP contribution in [0.25, 0.3) is 10.9 Å². The smallest absolute Gasteiger partial charge is 0.303 e. The number of benzene rings is 1. The standard InChI is InChI=1S/C16H18BrN3O3/c1-20-15(12-5-3-10(17)8-13(12)19-20)16(23)18-11-4-2-9(6-11)7-14(21)22/h3,5,8-9,11H,2,4,6-7H2,1H3,(H,18,23)(H,21,22)/t9-,11+/m0/s1. The van der Waals surface area contributed by atoms with Crippen LogP contribution >= 0.6 is 15.9 Å². The zero-order valence-electron chi connectivity index (χ0n) is 12.8. The third kappa shape index (κ3) is 3.39. The van der Waals surface area contributed by atoms with Gasteiger partial charge in [-0.25, -0.2) is 0 Å². The van der Waals surface area contributed by atoms with Crippen LogP contribution in [-0.4, -0.2) is 32.8 Å². The van der Waals surface area contributed by atoms with Gasteiger partial charge in [0.2, 0.25) is 0 Å². The molecule has 6 nitrogen and oxygen atoms in total. The summed E-state index contributed by atoms with van der Waals surface area (Å²) in [5, 5.41) is 17.1. The maximum Gasteiger partial charge on any atom is 0.303 e. The lowest BCUT2D eigenvalue weighted by molar-refractivity contribution is -0.138. The molecule has 0 aliphatic heterocycles. The number of aliphatic carboxylic acids is 1. The van der Waals surface area contributed by atoms with Gasteiger partial charge in [0.25, 0.3) is 5.91 Å². The average Bonchev–Trinajstić information content (AvgIpc) is 3.00. The van der Waals surface area contributed by atoms with Gasteiger partial charge in [-0.2, -0.15) is 5.10 Å². The Morgan fingerprint density at radius 3 is 2.96 bits per heavy atom. The molecule has 1 fully saturated rings. The van der Waals surface area contributed by atoms with Gasteiger partial charge in [-0.05, 0) is 43.4 Å². The molecule has 1 amide bonds. The molecule has 1 aliphatic rings. The molecule has 0 spiro atoms. The Balaban J connectivity index is 1.74. The molecular formula is C16H18BrN3O3. The van der Waals surface area contributed by atoms with Crippen molar-refractivity contribution in [2.45, 2.75) is 31.7 Å². The lowest BCUT2D eigenvalue weighted by Crippen LogP contribution is -2.34. The molecule has 1 aromatic carbocycles. The largest absolute Gasteiger partial charge is 0.481 e. The predicted molar refractivity (Wildman–Crippen MR) is 89.3 cm³/mol. The van der Waals surface area contributed by atoms with Crippen LogP contribution in [0.3, 0.4) is 0 Å². The SMILES string of the molecule is Cn1nc2cc(Br)ccc2c1C(=O)N[C@@H]1CC[C@H](CC(=O)O)C1. The quantitative estimate of drug-likeness (QED) is 0.854. The number of carbonyl (C=O) groups is 2. The van der Waals surface area contributed by atoms with Gasteiger partial charge in [-0.1, -0.05) is 15.9 Å². The van der Waals surface area contributed by atoms with Gasteiger partial charge in [0, 0.05) is 29.4 Å². The number of carboxylic acids is 1. The zero-order chi connectivity index (χ0) is 16.6. The van der Waals surface area contributed by atoms with E-state index in [2.05, 4.69) is 26.3 Å². The van der Waals surface area contributed by atoms with Crippen molar-refractivity contribution in [3.63, 3.8) is 0 Å². The molecule has 3 rings (SSSR count). The van der Waals surface area contributed by atoms with Crippen LogP contribution in [0.4, 0.5) is 0 Å². The van der Waals surface area contributed by atoms with E-state index in [-0.39, 0.29) is 24.3 Å². The van der Waals surface area contributed by atoms with Gasteiger partial charge in [0.1, 0.15) is 5.69 Å². The van der Waals surface area contributed by atoms with Crippen LogP contribution in [0.1, 0.15) is 36.2 Å². The number of rotatable bonds is 4. The molecule has 2 aromatic rings. The fraction of sp³-hybridized carbons (Fsp3) is 0.438. The molecule has 1 saturated carbocycles. The maximum atomic E-state index is 12.6. The number of aryl methyl sites for hydroxylation is 1. The van der Waals surface area contributed by atoms with E-state index >= 15 is 0 Å². The minimum atomic E-state index is -0.773. The van der Waals surface area contributed by atoms with Crippen LogP contribution in [0.5, 0.6) is 0 Å². The van der Waals surface area contributed by atoms with Crippen molar-refractivity contribution in [2.24, 2.45) is 13.0 Å². The number of nitrogens with zero attached hydrogens (tertiary/aromatic N) is 2. The summed E-state index contributed by atoms with van der Waals surface area (Å²) in [6, 6.07) is 5.68. The molecule has 7 heteroatoms. The molecule has 0 unspecified atom stereocenters. The number of carbonyl (C=O) groups excluding carboxylic acids is 1. The number of hydrogen-bond acceptors (Lipinski definition) is 3. The summed E-state index contributed by atoms with van der Waals surface area (Å²) in [7, 11) is 1.75. The zero-order valence-corrected chi connectivity index (χ0v) is 14.3. The Kier molecular flexibility index (Phi) is 4.39. The first-order valence-corrected chi connectivity index (χ1v) is 8.38. The first-order chi connectivity index (χ1) is 10.9. The van der Waals surface area contributed by atoms with Crippen molar-refractivity contribution >= 4 is 38.7 Å². The molecule has 0 saturated heterocycles. The van der Waals surface area contributed by atoms with Crippen molar-refractivity contribution in [2.75, 3.05) is 0 Å². The Hall–Kier alpha value is -1.89. The lowest BCUT2D eigenvalue weighted by Gasteiger charge is -2.13. The van der Waals surface area contributed by atoms with Crippen molar-refractivity contribution in [3.8, 4) is 0 Å². The van der Waals surface area contributed by atoms with Gasteiger partial charge in [0.15, 0.2) is 0 Å². The summed E-state index contributed by atoms with van der Waals surface area (Å²) in [4.78, 5) is 23.4. The first kappa shape index (κ1) is 16.0. The Labute approximate surface area is 142 Å². The summed E-state index contributed by atoms with van der Waals surface area (Å²) in [6.07, 6.45) is 2.57. The second-order valence-corrected chi connectivity index (χ2v) is 7.00. The van der Waals surface area contributed by atoms with Gasteiger partial charge in [-0.3, -0.25) is 14.3 Å². The van der Waals surface area contributed by atoms with Crippen molar-refractivity contribution < 1.29 is 14.7 Å². The molecule has 2 atom stereocenters. The highest BCUT2D eigenvalue weighted by Gasteiger charge is 2.28. The Bertz CT molecular complexity index is 771. The second-order valence-electron chi connectivity index (χ2n) is 6.08. The molecule has 1 aliphatic carbocycles. The van der Waals surface area contributed by atoms with Gasteiger partial charge >= 0.3 is 5.97 Å². The predicted octanol–water partition coefficient (Wildman–Crippen LogP) is 2.71. The van der Waals surface area contributed by atoms with Gasteiger partial charge in [0.05, 0.1) is 5.52 Å². The summed E-state index contributed by atoms with van der Waals surface area (Å²) >= 11 is 3.40. The lowest BCUT2D eigenvalue weighted by atomic mass is 10.0. The summed E-state index contributed by atoms with van der Waals surface area (Å²) in [6.45, 7) is 0. The topological polar surface area (TPSA) is 84.2 Å². The molecule has 1 aromatic heterocycles. The van der Waals surface area contributed by atoms with Gasteiger partial charge < -0.3 is 10.4 Å². The maximum absolute atomic E-state index is 12.6. The molecule has 23 heavy (non-hydrogen) atoms. The van der Waals surface area contributed by atoms with E-state index in [1.165, 1.54) is 0 Å². The van der Waals surface area contributed by atoms with Crippen molar-refractivity contribution in [3.05, 3.63) is 28.4 Å². The molecule has 0 bridgehead atoms. The van der Waals surface area contributed by atoms with E-state index < -0.39 is 5.97 Å². The normalized spacial score (nSPS) is 20.8. The second kappa shape index (κ2) is 6.31. The minimum absolute atomic E-state index is 0.0345. The Morgan fingerprint density at radius 1 is 1.43 bits per heavy atom. The summed E-state index contributed by atoms with van der Waals surface area (Å²) in [5.41, 5.74) is 1.30. The Morgan fingerprint density at radius 2 is 2.22 bits per heavy atom. The van der Waals surface area contributed by atoms with E-state index in [4.69, 9.17) is 5.11 Å². The number of amides is 1. The van der Waals surface area contributed by atoms with E-state index in [0.29, 0.717) is 5.69 Å². The number of carboxylic acid groups (broad SMARTS) is 1. The molecule has 122 valence electrons. The monoisotopic (exact) mass is 379 g/mol.